The highest BCUT2D eigenvalue weighted by molar-refractivity contribution is 6.03. The molecule has 0 aliphatic carbocycles. The molecule has 0 radical (unpaired) electrons. The number of pyridine rings is 1. The molecule has 0 unspecified atom stereocenters. The van der Waals surface area contributed by atoms with Crippen molar-refractivity contribution in [2.24, 2.45) is 7.05 Å². The van der Waals surface area contributed by atoms with Crippen molar-refractivity contribution < 1.29 is 4.79 Å². The molecule has 4 rings (SSSR count). The number of anilines is 1. The number of aryl methyl sites for hydroxylation is 2. The zero-order valence-corrected chi connectivity index (χ0v) is 14.9. The van der Waals surface area contributed by atoms with E-state index in [-0.39, 0.29) is 17.2 Å². The predicted octanol–water partition coefficient (Wildman–Crippen LogP) is 2.66. The lowest BCUT2D eigenvalue weighted by atomic mass is 10.1. The van der Waals surface area contributed by atoms with Crippen LogP contribution in [0.1, 0.15) is 16.1 Å². The molecule has 4 aromatic rings. The van der Waals surface area contributed by atoms with Gasteiger partial charge in [0.15, 0.2) is 0 Å². The molecule has 0 bridgehead atoms. The zero-order chi connectivity index (χ0) is 19.0. The van der Waals surface area contributed by atoms with Crippen LogP contribution in [0.25, 0.3) is 16.9 Å². The number of carbonyl (C=O) groups excluding carboxylic acids is 1. The van der Waals surface area contributed by atoms with Crippen molar-refractivity contribution in [1.29, 1.82) is 0 Å². The molecular formula is C20H17N5O2. The minimum atomic E-state index is -0.381. The summed E-state index contributed by atoms with van der Waals surface area (Å²) >= 11 is 0. The molecule has 0 atom stereocenters. The smallest absolute Gasteiger partial charge is 0.276 e. The van der Waals surface area contributed by atoms with E-state index in [1.165, 1.54) is 19.2 Å². The Labute approximate surface area is 154 Å². The summed E-state index contributed by atoms with van der Waals surface area (Å²) in [6.45, 7) is 2.03. The van der Waals surface area contributed by atoms with Gasteiger partial charge in [0.05, 0.1) is 5.69 Å². The lowest BCUT2D eigenvalue weighted by Crippen LogP contribution is -2.23. The van der Waals surface area contributed by atoms with E-state index in [0.717, 1.165) is 27.1 Å². The maximum Gasteiger partial charge on any atom is 0.276 e. The van der Waals surface area contributed by atoms with Crippen molar-refractivity contribution >= 4 is 17.2 Å². The number of carbonyl (C=O) groups is 1. The molecule has 134 valence electrons. The Hall–Kier alpha value is -3.74. The van der Waals surface area contributed by atoms with Crippen LogP contribution < -0.4 is 10.9 Å². The Balaban J connectivity index is 1.62. The van der Waals surface area contributed by atoms with Crippen LogP contribution in [0.5, 0.6) is 0 Å². The fraction of sp³-hybridized carbons (Fsp3) is 0.100. The van der Waals surface area contributed by atoms with Gasteiger partial charge in [0.25, 0.3) is 11.5 Å². The third-order valence-electron chi connectivity index (χ3n) is 4.23. The fourth-order valence-electron chi connectivity index (χ4n) is 2.80. The summed E-state index contributed by atoms with van der Waals surface area (Å²) < 4.78 is 3.09. The molecule has 27 heavy (non-hydrogen) atoms. The van der Waals surface area contributed by atoms with Gasteiger partial charge in [-0.05, 0) is 42.8 Å². The molecule has 1 amide bonds. The van der Waals surface area contributed by atoms with E-state index < -0.39 is 0 Å². The number of nitrogens with zero attached hydrogens (tertiary/aromatic N) is 4. The van der Waals surface area contributed by atoms with Crippen LogP contribution in [-0.4, -0.2) is 25.1 Å². The second-order valence-electron chi connectivity index (χ2n) is 6.31. The molecule has 1 N–H and O–H groups in total. The Morgan fingerprint density at radius 1 is 1.11 bits per heavy atom. The average Bonchev–Trinajstić information content (AvgIpc) is 3.07. The van der Waals surface area contributed by atoms with Crippen LogP contribution in [0.3, 0.4) is 0 Å². The second-order valence-corrected chi connectivity index (χ2v) is 6.31. The highest BCUT2D eigenvalue weighted by Crippen LogP contribution is 2.23. The van der Waals surface area contributed by atoms with Gasteiger partial charge in [-0.3, -0.25) is 9.59 Å². The molecular weight excluding hydrogens is 342 g/mol. The van der Waals surface area contributed by atoms with E-state index in [1.807, 2.05) is 54.0 Å². The monoisotopic (exact) mass is 359 g/mol. The van der Waals surface area contributed by atoms with Crippen LogP contribution in [0.2, 0.25) is 0 Å². The van der Waals surface area contributed by atoms with Gasteiger partial charge in [0, 0.05) is 36.8 Å². The topological polar surface area (TPSA) is 81.3 Å². The summed E-state index contributed by atoms with van der Waals surface area (Å²) in [4.78, 5) is 28.4. The number of rotatable bonds is 3. The number of hydrogen-bond acceptors (Lipinski definition) is 4. The summed E-state index contributed by atoms with van der Waals surface area (Å²) in [5.41, 5.74) is 4.25. The lowest BCUT2D eigenvalue weighted by molar-refractivity contribution is 0.102. The van der Waals surface area contributed by atoms with Gasteiger partial charge >= 0.3 is 0 Å². The minimum absolute atomic E-state index is 0.172. The molecule has 1 aromatic carbocycles. The summed E-state index contributed by atoms with van der Waals surface area (Å²) in [6, 6.07) is 14.2. The predicted molar refractivity (Wildman–Crippen MR) is 103 cm³/mol. The van der Waals surface area contributed by atoms with Crippen LogP contribution >= 0.6 is 0 Å². The van der Waals surface area contributed by atoms with Crippen LogP contribution in [-0.2, 0) is 7.05 Å². The summed E-state index contributed by atoms with van der Waals surface area (Å²) in [5.74, 6) is -0.381. The lowest BCUT2D eigenvalue weighted by Gasteiger charge is -2.06. The first-order valence-corrected chi connectivity index (χ1v) is 8.41. The second kappa shape index (κ2) is 6.53. The van der Waals surface area contributed by atoms with Crippen molar-refractivity contribution in [3.63, 3.8) is 0 Å². The van der Waals surface area contributed by atoms with Gasteiger partial charge in [-0.25, -0.2) is 9.67 Å². The maximum atomic E-state index is 12.4. The Morgan fingerprint density at radius 3 is 2.78 bits per heavy atom. The molecule has 3 heterocycles. The molecule has 0 fully saturated rings. The number of imidazole rings is 1. The third kappa shape index (κ3) is 3.35. The number of hydrogen-bond donors (Lipinski definition) is 1. The summed E-state index contributed by atoms with van der Waals surface area (Å²) in [7, 11) is 1.50. The number of fused-ring (bicyclic) bond motifs is 1. The van der Waals surface area contributed by atoms with Crippen molar-refractivity contribution in [3.8, 4) is 11.3 Å². The van der Waals surface area contributed by atoms with Crippen molar-refractivity contribution in [2.45, 2.75) is 6.92 Å². The largest absolute Gasteiger partial charge is 0.321 e. The number of nitrogens with one attached hydrogen (secondary N) is 1. The molecule has 7 nitrogen and oxygen atoms in total. The zero-order valence-electron chi connectivity index (χ0n) is 14.9. The van der Waals surface area contributed by atoms with E-state index in [9.17, 15) is 9.59 Å². The van der Waals surface area contributed by atoms with Crippen molar-refractivity contribution in [2.75, 3.05) is 5.32 Å². The van der Waals surface area contributed by atoms with E-state index in [0.29, 0.717) is 5.69 Å². The quantitative estimate of drug-likeness (QED) is 0.610. The molecule has 0 spiro atoms. The van der Waals surface area contributed by atoms with Gasteiger partial charge in [-0.1, -0.05) is 12.1 Å². The molecule has 7 heteroatoms. The fourth-order valence-corrected chi connectivity index (χ4v) is 2.80. The van der Waals surface area contributed by atoms with Crippen molar-refractivity contribution in [3.05, 3.63) is 82.5 Å². The highest BCUT2D eigenvalue weighted by atomic mass is 16.2. The molecule has 0 saturated heterocycles. The third-order valence-corrected chi connectivity index (χ3v) is 4.23. The summed E-state index contributed by atoms with van der Waals surface area (Å²) in [6.07, 6.45) is 3.92. The molecule has 3 aromatic heterocycles. The number of benzene rings is 1. The van der Waals surface area contributed by atoms with E-state index in [1.54, 1.807) is 6.07 Å². The average molecular weight is 359 g/mol. The Kier molecular flexibility index (Phi) is 4.04. The van der Waals surface area contributed by atoms with Gasteiger partial charge in [0.1, 0.15) is 11.3 Å². The van der Waals surface area contributed by atoms with E-state index in [4.69, 9.17) is 0 Å². The van der Waals surface area contributed by atoms with E-state index >= 15 is 0 Å². The number of amides is 1. The number of aromatic nitrogens is 4. The maximum absolute atomic E-state index is 12.4. The normalized spacial score (nSPS) is 10.9. The Bertz CT molecular complexity index is 1220. The van der Waals surface area contributed by atoms with Crippen LogP contribution in [0.15, 0.2) is 65.7 Å². The summed E-state index contributed by atoms with van der Waals surface area (Å²) in [5, 5.41) is 6.77. The van der Waals surface area contributed by atoms with E-state index in [2.05, 4.69) is 15.4 Å². The molecule has 0 aliphatic rings. The standard InChI is InChI=1S/C20H17N5O2/c1-13-8-9-25-12-17(22-18(25)10-13)14-4-3-5-15(11-14)21-20(27)16-6-7-19(26)24(2)23-16/h3-12H,1-2H3,(H,21,27). The van der Waals surface area contributed by atoms with Gasteiger partial charge < -0.3 is 9.72 Å². The van der Waals surface area contributed by atoms with Gasteiger partial charge in [0.2, 0.25) is 0 Å². The first-order chi connectivity index (χ1) is 13.0. The molecule has 0 aliphatic heterocycles. The Morgan fingerprint density at radius 2 is 1.96 bits per heavy atom. The van der Waals surface area contributed by atoms with Crippen molar-refractivity contribution in [1.82, 2.24) is 19.2 Å². The van der Waals surface area contributed by atoms with Crippen LogP contribution in [0, 0.1) is 6.92 Å². The van der Waals surface area contributed by atoms with Crippen LogP contribution in [0.4, 0.5) is 5.69 Å². The first kappa shape index (κ1) is 16.7. The molecule has 0 saturated carbocycles. The van der Waals surface area contributed by atoms with Gasteiger partial charge in [-0.15, -0.1) is 0 Å². The SMILES string of the molecule is Cc1ccn2cc(-c3cccc(NC(=O)c4ccc(=O)n(C)n4)c3)nc2c1. The minimum Gasteiger partial charge on any atom is -0.321 e. The highest BCUT2D eigenvalue weighted by Gasteiger charge is 2.11. The first-order valence-electron chi connectivity index (χ1n) is 8.41. The van der Waals surface area contributed by atoms with Gasteiger partial charge in [-0.2, -0.15) is 5.10 Å².